The smallest absolute Gasteiger partial charge is 0.326 e. The number of carboxylic acid groups (broad SMARTS) is 1. The maximum atomic E-state index is 13.6. The van der Waals surface area contributed by atoms with Gasteiger partial charge in [-0.25, -0.2) is 9.78 Å². The highest BCUT2D eigenvalue weighted by Gasteiger charge is 2.29. The van der Waals surface area contributed by atoms with E-state index < -0.39 is 66.2 Å². The molecule has 0 aliphatic carbocycles. The van der Waals surface area contributed by atoms with Crippen molar-refractivity contribution in [3.63, 3.8) is 0 Å². The van der Waals surface area contributed by atoms with E-state index in [1.807, 2.05) is 109 Å². The molecule has 0 spiro atoms. The summed E-state index contributed by atoms with van der Waals surface area (Å²) in [5.74, 6) is -3.42. The van der Waals surface area contributed by atoms with Gasteiger partial charge in [-0.05, 0) is 97.4 Å². The predicted octanol–water partition coefficient (Wildman–Crippen LogP) is 9.48. The van der Waals surface area contributed by atoms with Crippen LogP contribution in [0.1, 0.15) is 95.0 Å². The minimum atomic E-state index is -1.37. The second-order valence-electron chi connectivity index (χ2n) is 20.7. The van der Waals surface area contributed by atoms with Crippen molar-refractivity contribution in [3.8, 4) is 11.5 Å². The Balaban J connectivity index is 0.000000264. The molecular weight excluding hydrogens is 1160 g/mol. The molecule has 0 aliphatic heterocycles. The minimum Gasteiger partial charge on any atom is -0.492 e. The first-order chi connectivity index (χ1) is 43.8. The summed E-state index contributed by atoms with van der Waals surface area (Å²) < 4.78 is 11.7. The first-order valence-corrected chi connectivity index (χ1v) is 29.1. The van der Waals surface area contributed by atoms with Crippen LogP contribution < -0.4 is 42.6 Å². The van der Waals surface area contributed by atoms with E-state index in [-0.39, 0.29) is 49.5 Å². The Bertz CT molecular complexity index is 3830. The zero-order valence-electron chi connectivity index (χ0n) is 50.9. The van der Waals surface area contributed by atoms with Crippen LogP contribution in [-0.2, 0) is 38.6 Å². The van der Waals surface area contributed by atoms with Gasteiger partial charge in [0.05, 0.1) is 72.0 Å². The largest absolute Gasteiger partial charge is 0.492 e. The zero-order chi connectivity index (χ0) is 66.1. The Morgan fingerprint density at radius 3 is 1.53 bits per heavy atom. The third-order valence-corrected chi connectivity index (χ3v) is 13.4. The summed E-state index contributed by atoms with van der Waals surface area (Å²) in [4.78, 5) is 97.7. The van der Waals surface area contributed by atoms with Gasteiger partial charge in [0, 0.05) is 39.2 Å². The lowest BCUT2D eigenvalue weighted by atomic mass is 9.99. The van der Waals surface area contributed by atoms with Gasteiger partial charge < -0.3 is 42.4 Å². The van der Waals surface area contributed by atoms with Crippen molar-refractivity contribution in [3.05, 3.63) is 237 Å². The lowest BCUT2D eigenvalue weighted by Crippen LogP contribution is -2.53. The Morgan fingerprint density at radius 1 is 0.560 bits per heavy atom. The molecule has 4 amide bonds. The fourth-order valence-corrected chi connectivity index (χ4v) is 8.90. The average Bonchev–Trinajstić information content (AvgIpc) is 2.04. The van der Waals surface area contributed by atoms with Crippen molar-refractivity contribution in [2.45, 2.75) is 103 Å². The highest BCUT2D eigenvalue weighted by atomic mass is 16.5. The lowest BCUT2D eigenvalue weighted by Gasteiger charge is -2.27. The second kappa shape index (κ2) is 37.6. The number of aliphatic carboxylic acids is 1. The third-order valence-electron chi connectivity index (χ3n) is 13.4. The van der Waals surface area contributed by atoms with Crippen molar-refractivity contribution in [2.24, 2.45) is 27.4 Å². The van der Waals surface area contributed by atoms with Crippen molar-refractivity contribution in [2.75, 3.05) is 13.2 Å². The number of nitrogens with one attached hydrogen (secondary N) is 3. The van der Waals surface area contributed by atoms with Crippen LogP contribution in [0.3, 0.4) is 0 Å². The van der Waals surface area contributed by atoms with E-state index in [9.17, 15) is 39.1 Å². The summed E-state index contributed by atoms with van der Waals surface area (Å²) in [7, 11) is 0. The topological polar surface area (TPSA) is 396 Å². The molecule has 0 aliphatic rings. The van der Waals surface area contributed by atoms with E-state index in [1.54, 1.807) is 66.7 Å². The van der Waals surface area contributed by atoms with Crippen LogP contribution >= 0.6 is 0 Å². The van der Waals surface area contributed by atoms with Crippen molar-refractivity contribution in [1.29, 1.82) is 0 Å². The lowest BCUT2D eigenvalue weighted by molar-refractivity contribution is -0.141. The van der Waals surface area contributed by atoms with Crippen LogP contribution in [0, 0.1) is 0 Å². The monoisotopic (exact) mass is 1230 g/mol. The Morgan fingerprint density at radius 2 is 1.01 bits per heavy atom. The Kier molecular flexibility index (Phi) is 29.2. The number of carbonyl (C=O) groups is 7. The molecule has 10 N–H and O–H groups in total. The van der Waals surface area contributed by atoms with Gasteiger partial charge in [0.1, 0.15) is 23.2 Å². The standard InChI is InChI=1S/C32H33N7O4.C18H20N4O2.C14H13N3O4.C3H8/c1-21(40)25-12-6-8-14-30(25)43-20-29(38-39-34)27(17-22-9-3-2-4-10-22)37-32(42)28(18-31(33)41)35-19-24-16-15-23-11-5-7-13-26(23)36-24;1-13(23)15-9-5-6-10-18(15)24-12-17(21-22-20)16(19)11-14-7-3-2-4-8-14;15-12(18)7-11(14(20)21)17-13(19)10-6-5-8-3-1-2-4-9(8)16-10;1-3-2/h2-16,27-29,35H,17-20H2,1H3,(H2,33,41)(H,37,42);2-10,16-17H,11-12,19H2,1H3;1-6,11H,7H2,(H2,15,18)(H,17,19)(H,20,21);3H2,1-2H3/t27-,28-,29+;16-,17+;11-;/m000./s1. The number of azide groups is 2. The number of aromatic nitrogens is 2. The third kappa shape index (κ3) is 23.9. The maximum absolute atomic E-state index is 13.6. The van der Waals surface area contributed by atoms with E-state index in [0.29, 0.717) is 46.7 Å². The molecule has 8 rings (SSSR count). The fourth-order valence-electron chi connectivity index (χ4n) is 8.90. The SMILES string of the molecule is CC(=O)c1ccccc1OC[C@@H](N=[N+]=[N-])[C@@H](N)Cc1ccccc1.CC(=O)c1ccccc1OC[C@@H](N=[N+]=[N-])[C@H](Cc1ccccc1)NC(=O)[C@H](CC(N)=O)NCc1ccc2ccccc2n1.CCC.NC(=O)C[C@H](NC(=O)c1ccc2ccccc2n1)C(=O)O. The minimum absolute atomic E-state index is 0.0735. The van der Waals surface area contributed by atoms with Crippen molar-refractivity contribution >= 4 is 63.0 Å². The second-order valence-corrected chi connectivity index (χ2v) is 20.7. The number of hydrogen-bond donors (Lipinski definition) is 7. The predicted molar refractivity (Wildman–Crippen MR) is 347 cm³/mol. The summed E-state index contributed by atoms with van der Waals surface area (Å²) in [6.07, 6.45) is 1.40. The van der Waals surface area contributed by atoms with Crippen LogP contribution in [0.15, 0.2) is 192 Å². The number of rotatable bonds is 28. The molecule has 2 heterocycles. The van der Waals surface area contributed by atoms with Crippen LogP contribution in [0.2, 0.25) is 0 Å². The van der Waals surface area contributed by atoms with Crippen LogP contribution in [0.4, 0.5) is 0 Å². The van der Waals surface area contributed by atoms with Gasteiger partial charge in [0.2, 0.25) is 17.7 Å². The number of carboxylic acids is 1. The number of primary amides is 2. The number of fused-ring (bicyclic) bond motifs is 2. The molecule has 0 fully saturated rings. The average molecular weight is 1240 g/mol. The molecule has 24 heteroatoms. The van der Waals surface area contributed by atoms with Gasteiger partial charge in [0.25, 0.3) is 5.91 Å². The number of benzene rings is 6. The molecule has 6 aromatic carbocycles. The molecule has 0 saturated heterocycles. The normalized spacial score (nSPS) is 12.4. The number of nitrogens with zero attached hydrogens (tertiary/aromatic N) is 8. The summed E-state index contributed by atoms with van der Waals surface area (Å²) in [5, 5.41) is 26.8. The molecule has 0 bridgehead atoms. The van der Waals surface area contributed by atoms with Gasteiger partial charge in [-0.1, -0.05) is 164 Å². The molecular formula is C67H74N14O10. The molecule has 8 aromatic rings. The summed E-state index contributed by atoms with van der Waals surface area (Å²) in [5.41, 5.74) is 39.8. The number of amides is 4. The first-order valence-electron chi connectivity index (χ1n) is 29.1. The summed E-state index contributed by atoms with van der Waals surface area (Å²) >= 11 is 0. The first kappa shape index (κ1) is 70.7. The number of ether oxygens (including phenoxy) is 2. The van der Waals surface area contributed by atoms with Gasteiger partial charge in [-0.2, -0.15) is 0 Å². The summed E-state index contributed by atoms with van der Waals surface area (Å²) in [6, 6.07) is 49.9. The quantitative estimate of drug-likeness (QED) is 0.0104. The highest BCUT2D eigenvalue weighted by molar-refractivity contribution is 5.99. The Labute approximate surface area is 526 Å². The van der Waals surface area contributed by atoms with Crippen LogP contribution in [-0.4, -0.2) is 106 Å². The molecule has 0 unspecified atom stereocenters. The van der Waals surface area contributed by atoms with Gasteiger partial charge in [-0.15, -0.1) is 0 Å². The molecule has 91 heavy (non-hydrogen) atoms. The van der Waals surface area contributed by atoms with E-state index in [0.717, 1.165) is 27.4 Å². The number of nitrogens with two attached hydrogens (primary N) is 3. The molecule has 0 radical (unpaired) electrons. The number of Topliss-reactive ketones (excluding diaryl/α,β-unsaturated/α-hetero) is 2. The number of pyridine rings is 2. The maximum Gasteiger partial charge on any atom is 0.326 e. The molecule has 6 atom stereocenters. The van der Waals surface area contributed by atoms with E-state index in [4.69, 9.17) is 37.3 Å². The Hall–Kier alpha value is -11.0. The summed E-state index contributed by atoms with van der Waals surface area (Å²) in [6.45, 7) is 7.38. The van der Waals surface area contributed by atoms with Crippen LogP contribution in [0.25, 0.3) is 42.7 Å². The van der Waals surface area contributed by atoms with Gasteiger partial charge in [-0.3, -0.25) is 39.1 Å². The molecule has 2 aromatic heterocycles. The van der Waals surface area contributed by atoms with Gasteiger partial charge >= 0.3 is 5.97 Å². The molecule has 472 valence electrons. The highest BCUT2D eigenvalue weighted by Crippen LogP contribution is 2.22. The number of ketones is 2. The number of hydrogen-bond acceptors (Lipinski definition) is 15. The molecule has 0 saturated carbocycles. The van der Waals surface area contributed by atoms with E-state index in [1.165, 1.54) is 26.3 Å². The van der Waals surface area contributed by atoms with Crippen LogP contribution in [0.5, 0.6) is 11.5 Å². The van der Waals surface area contributed by atoms with E-state index in [2.05, 4.69) is 59.8 Å². The molecule has 24 nitrogen and oxygen atoms in total. The van der Waals surface area contributed by atoms with Gasteiger partial charge in [0.15, 0.2) is 11.6 Å². The zero-order valence-corrected chi connectivity index (χ0v) is 50.9. The van der Waals surface area contributed by atoms with E-state index >= 15 is 0 Å². The number of para-hydroxylation sites is 4. The number of carbonyl (C=O) groups excluding carboxylic acids is 6. The fraction of sp³-hybridized carbons (Fsp3) is 0.269. The van der Waals surface area contributed by atoms with Crippen molar-refractivity contribution in [1.82, 2.24) is 25.9 Å². The van der Waals surface area contributed by atoms with Crippen molar-refractivity contribution < 1.29 is 48.1 Å².